The van der Waals surface area contributed by atoms with Crippen molar-refractivity contribution in [1.82, 2.24) is 0 Å². The maximum Gasteiger partial charge on any atom is 0.225 e. The molecule has 2 aromatic rings. The maximum absolute atomic E-state index is 12.0. The molecule has 0 spiro atoms. The minimum Gasteiger partial charge on any atom is -0.325 e. The zero-order chi connectivity index (χ0) is 13.2. The number of carbonyl (C=O) groups excluding carboxylic acids is 1. The van der Waals surface area contributed by atoms with E-state index in [0.717, 1.165) is 16.1 Å². The van der Waals surface area contributed by atoms with Gasteiger partial charge in [0, 0.05) is 21.6 Å². The van der Waals surface area contributed by atoms with Gasteiger partial charge in [-0.05, 0) is 29.8 Å². The highest BCUT2D eigenvalue weighted by atomic mass is 35.5. The van der Waals surface area contributed by atoms with Crippen LogP contribution in [0.5, 0.6) is 0 Å². The Labute approximate surface area is 121 Å². The van der Waals surface area contributed by atoms with Gasteiger partial charge in [-0.1, -0.05) is 35.9 Å². The summed E-state index contributed by atoms with van der Waals surface area (Å²) in [5.74, 6) is 0.0439. The van der Waals surface area contributed by atoms with E-state index in [1.54, 1.807) is 11.8 Å². The average molecular weight is 290 g/mol. The van der Waals surface area contributed by atoms with Gasteiger partial charge in [-0.15, -0.1) is 11.8 Å². The number of carbonyl (C=O) groups is 1. The largest absolute Gasteiger partial charge is 0.325 e. The summed E-state index contributed by atoms with van der Waals surface area (Å²) in [5.41, 5.74) is 1.98. The van der Waals surface area contributed by atoms with Gasteiger partial charge in [0.25, 0.3) is 0 Å². The van der Waals surface area contributed by atoms with E-state index in [9.17, 15) is 4.79 Å². The first-order chi connectivity index (χ1) is 9.22. The topological polar surface area (TPSA) is 29.1 Å². The molecule has 4 heteroatoms. The van der Waals surface area contributed by atoms with Crippen LogP contribution in [0.2, 0.25) is 5.02 Å². The van der Waals surface area contributed by atoms with Crippen LogP contribution in [0.15, 0.2) is 53.4 Å². The highest BCUT2D eigenvalue weighted by Gasteiger charge is 2.23. The molecule has 19 heavy (non-hydrogen) atoms. The van der Waals surface area contributed by atoms with Gasteiger partial charge < -0.3 is 5.32 Å². The van der Waals surface area contributed by atoms with Gasteiger partial charge in [-0.25, -0.2) is 0 Å². The number of thioether (sulfide) groups is 1. The third-order valence-corrected chi connectivity index (χ3v) is 4.59. The van der Waals surface area contributed by atoms with E-state index in [1.165, 1.54) is 0 Å². The molecule has 1 aliphatic rings. The third kappa shape index (κ3) is 2.77. The van der Waals surface area contributed by atoms with Crippen molar-refractivity contribution < 1.29 is 4.79 Å². The predicted octanol–water partition coefficient (Wildman–Crippen LogP) is 4.52. The van der Waals surface area contributed by atoms with Crippen molar-refractivity contribution in [2.75, 3.05) is 5.32 Å². The van der Waals surface area contributed by atoms with Crippen molar-refractivity contribution in [3.8, 4) is 0 Å². The van der Waals surface area contributed by atoms with Crippen LogP contribution < -0.4 is 5.32 Å². The standard InChI is InChI=1S/C15H12ClNOS/c16-11-5-3-4-10(8-11)14-9-15(18)17-12-6-1-2-7-13(12)19-14/h1-8,14H,9H2,(H,17,18). The first-order valence-corrected chi connectivity index (χ1v) is 7.29. The molecular formula is C15H12ClNOS. The summed E-state index contributed by atoms with van der Waals surface area (Å²) in [5, 5.41) is 3.75. The third-order valence-electron chi connectivity index (χ3n) is 3.02. The number of hydrogen-bond donors (Lipinski definition) is 1. The number of nitrogens with one attached hydrogen (secondary N) is 1. The Morgan fingerprint density at radius 2 is 2.00 bits per heavy atom. The molecule has 1 atom stereocenters. The number of hydrogen-bond acceptors (Lipinski definition) is 2. The first-order valence-electron chi connectivity index (χ1n) is 6.03. The smallest absolute Gasteiger partial charge is 0.225 e. The van der Waals surface area contributed by atoms with E-state index in [4.69, 9.17) is 11.6 Å². The van der Waals surface area contributed by atoms with E-state index in [1.807, 2.05) is 48.5 Å². The van der Waals surface area contributed by atoms with Crippen LogP contribution in [0.3, 0.4) is 0 Å². The van der Waals surface area contributed by atoms with Crippen molar-refractivity contribution in [2.24, 2.45) is 0 Å². The SMILES string of the molecule is O=C1CC(c2cccc(Cl)c2)Sc2ccccc2N1. The molecule has 1 amide bonds. The van der Waals surface area contributed by atoms with Crippen LogP contribution >= 0.6 is 23.4 Å². The molecule has 1 N–H and O–H groups in total. The Kier molecular flexibility index (Phi) is 3.49. The van der Waals surface area contributed by atoms with Crippen LogP contribution in [0.4, 0.5) is 5.69 Å². The molecule has 0 saturated heterocycles. The van der Waals surface area contributed by atoms with Crippen LogP contribution in [0, 0.1) is 0 Å². The van der Waals surface area contributed by atoms with E-state index >= 15 is 0 Å². The Balaban J connectivity index is 1.98. The molecular weight excluding hydrogens is 278 g/mol. The lowest BCUT2D eigenvalue weighted by atomic mass is 10.1. The Morgan fingerprint density at radius 3 is 2.84 bits per heavy atom. The van der Waals surface area contributed by atoms with Gasteiger partial charge >= 0.3 is 0 Å². The average Bonchev–Trinajstić information content (AvgIpc) is 2.56. The molecule has 3 rings (SSSR count). The van der Waals surface area contributed by atoms with Crippen molar-refractivity contribution in [1.29, 1.82) is 0 Å². The summed E-state index contributed by atoms with van der Waals surface area (Å²) in [7, 11) is 0. The lowest BCUT2D eigenvalue weighted by molar-refractivity contribution is -0.116. The summed E-state index contributed by atoms with van der Waals surface area (Å²) in [6.07, 6.45) is 0.458. The summed E-state index contributed by atoms with van der Waals surface area (Å²) in [4.78, 5) is 13.1. The van der Waals surface area contributed by atoms with E-state index in [-0.39, 0.29) is 11.2 Å². The molecule has 0 aromatic heterocycles. The summed E-state index contributed by atoms with van der Waals surface area (Å²) in [6, 6.07) is 15.6. The number of rotatable bonds is 1. The molecule has 0 aliphatic carbocycles. The van der Waals surface area contributed by atoms with Crippen LogP contribution in [0.1, 0.15) is 17.2 Å². The van der Waals surface area contributed by atoms with Gasteiger partial charge in [0.2, 0.25) is 5.91 Å². The van der Waals surface area contributed by atoms with Crippen molar-refractivity contribution in [3.63, 3.8) is 0 Å². The van der Waals surface area contributed by atoms with Crippen molar-refractivity contribution in [3.05, 3.63) is 59.1 Å². The lowest BCUT2D eigenvalue weighted by Gasteiger charge is -2.13. The molecule has 0 saturated carbocycles. The van der Waals surface area contributed by atoms with E-state index in [2.05, 4.69) is 5.32 Å². The Bertz CT molecular complexity index is 629. The van der Waals surface area contributed by atoms with Crippen LogP contribution in [0.25, 0.3) is 0 Å². The summed E-state index contributed by atoms with van der Waals surface area (Å²) in [6.45, 7) is 0. The van der Waals surface area contributed by atoms with Crippen molar-refractivity contribution >= 4 is 35.0 Å². The van der Waals surface area contributed by atoms with Gasteiger partial charge in [-0.2, -0.15) is 0 Å². The number of fused-ring (bicyclic) bond motifs is 1. The van der Waals surface area contributed by atoms with Crippen LogP contribution in [-0.2, 0) is 4.79 Å². The number of anilines is 1. The zero-order valence-electron chi connectivity index (χ0n) is 10.1. The van der Waals surface area contributed by atoms with Gasteiger partial charge in [0.15, 0.2) is 0 Å². The molecule has 2 aromatic carbocycles. The minimum atomic E-state index is 0.0439. The summed E-state index contributed by atoms with van der Waals surface area (Å²) >= 11 is 7.73. The van der Waals surface area contributed by atoms with Crippen molar-refractivity contribution in [2.45, 2.75) is 16.6 Å². The molecule has 0 bridgehead atoms. The molecule has 1 unspecified atom stereocenters. The number of benzene rings is 2. The molecule has 1 heterocycles. The predicted molar refractivity (Wildman–Crippen MR) is 79.7 cm³/mol. The fourth-order valence-electron chi connectivity index (χ4n) is 2.13. The number of amides is 1. The second-order valence-electron chi connectivity index (χ2n) is 4.41. The molecule has 96 valence electrons. The van der Waals surface area contributed by atoms with Gasteiger partial charge in [0.1, 0.15) is 0 Å². The molecule has 1 aliphatic heterocycles. The maximum atomic E-state index is 12.0. The van der Waals surface area contributed by atoms with Gasteiger partial charge in [-0.3, -0.25) is 4.79 Å². The van der Waals surface area contributed by atoms with Gasteiger partial charge in [0.05, 0.1) is 5.69 Å². The molecule has 2 nitrogen and oxygen atoms in total. The Hall–Kier alpha value is -1.45. The first kappa shape index (κ1) is 12.6. The Morgan fingerprint density at radius 1 is 1.16 bits per heavy atom. The highest BCUT2D eigenvalue weighted by Crippen LogP contribution is 2.43. The monoisotopic (exact) mass is 289 g/mol. The lowest BCUT2D eigenvalue weighted by Crippen LogP contribution is -2.11. The fraction of sp³-hybridized carbons (Fsp3) is 0.133. The second kappa shape index (κ2) is 5.27. The molecule has 0 radical (unpaired) electrons. The van der Waals surface area contributed by atoms with Crippen LogP contribution in [-0.4, -0.2) is 5.91 Å². The summed E-state index contributed by atoms with van der Waals surface area (Å²) < 4.78 is 0. The highest BCUT2D eigenvalue weighted by molar-refractivity contribution is 7.99. The molecule has 0 fully saturated rings. The van der Waals surface area contributed by atoms with E-state index < -0.39 is 0 Å². The minimum absolute atomic E-state index is 0.0439. The normalized spacial score (nSPS) is 18.4. The zero-order valence-corrected chi connectivity index (χ0v) is 11.7. The van der Waals surface area contributed by atoms with E-state index in [0.29, 0.717) is 11.4 Å². The number of para-hydroxylation sites is 1. The second-order valence-corrected chi connectivity index (χ2v) is 6.09. The number of halogens is 1. The fourth-order valence-corrected chi connectivity index (χ4v) is 3.56. The quantitative estimate of drug-likeness (QED) is 0.836.